The smallest absolute Gasteiger partial charge is 0.338 e. The van der Waals surface area contributed by atoms with Crippen LogP contribution in [0, 0.1) is 0 Å². The van der Waals surface area contributed by atoms with Gasteiger partial charge in [0.2, 0.25) is 0 Å². The lowest BCUT2D eigenvalue weighted by molar-refractivity contribution is -0.140. The fourth-order valence-corrected chi connectivity index (χ4v) is 3.07. The van der Waals surface area contributed by atoms with Crippen molar-refractivity contribution in [1.29, 1.82) is 0 Å². The molecule has 2 aromatic rings. The van der Waals surface area contributed by atoms with E-state index in [1.807, 2.05) is 18.2 Å². The molecular formula is C19H18BrNO3. The number of benzene rings is 2. The molecule has 1 aliphatic heterocycles. The van der Waals surface area contributed by atoms with Crippen molar-refractivity contribution in [1.82, 2.24) is 4.90 Å². The third-order valence-corrected chi connectivity index (χ3v) is 4.68. The van der Waals surface area contributed by atoms with Crippen LogP contribution in [0.5, 0.6) is 0 Å². The first kappa shape index (κ1) is 16.7. The zero-order valence-electron chi connectivity index (χ0n) is 13.4. The number of amides is 1. The van der Waals surface area contributed by atoms with Crippen molar-refractivity contribution in [2.45, 2.75) is 26.0 Å². The molecule has 0 saturated carbocycles. The SMILES string of the molecule is C[C@@H](OC(=O)c1ccc(Br)cc1)C(=O)N1CCc2ccccc2C1. The maximum atomic E-state index is 12.6. The Morgan fingerprint density at radius 3 is 2.46 bits per heavy atom. The van der Waals surface area contributed by atoms with Crippen molar-refractivity contribution in [3.05, 3.63) is 69.7 Å². The Labute approximate surface area is 149 Å². The molecule has 5 heteroatoms. The standard InChI is InChI=1S/C19H18BrNO3/c1-13(24-19(23)15-6-8-17(20)9-7-15)18(22)21-11-10-14-4-2-3-5-16(14)12-21/h2-9,13H,10-12H2,1H3/t13-/m1/s1. The predicted molar refractivity (Wildman–Crippen MR) is 94.6 cm³/mol. The van der Waals surface area contributed by atoms with Gasteiger partial charge in [-0.15, -0.1) is 0 Å². The van der Waals surface area contributed by atoms with Gasteiger partial charge in [-0.2, -0.15) is 0 Å². The molecule has 2 aromatic carbocycles. The summed E-state index contributed by atoms with van der Waals surface area (Å²) in [5.41, 5.74) is 2.87. The second-order valence-electron chi connectivity index (χ2n) is 5.83. The number of carbonyl (C=O) groups excluding carboxylic acids is 2. The van der Waals surface area contributed by atoms with Crippen LogP contribution in [0.4, 0.5) is 0 Å². The van der Waals surface area contributed by atoms with Gasteiger partial charge in [-0.3, -0.25) is 4.79 Å². The van der Waals surface area contributed by atoms with E-state index in [-0.39, 0.29) is 5.91 Å². The molecule has 0 aromatic heterocycles. The molecule has 1 amide bonds. The minimum absolute atomic E-state index is 0.157. The van der Waals surface area contributed by atoms with Crippen molar-refractivity contribution < 1.29 is 14.3 Å². The second-order valence-corrected chi connectivity index (χ2v) is 6.75. The van der Waals surface area contributed by atoms with Gasteiger partial charge in [0.25, 0.3) is 5.91 Å². The van der Waals surface area contributed by atoms with Gasteiger partial charge in [0.1, 0.15) is 0 Å². The molecule has 1 atom stereocenters. The average Bonchev–Trinajstić information content (AvgIpc) is 2.61. The predicted octanol–water partition coefficient (Wildman–Crippen LogP) is 3.58. The highest BCUT2D eigenvalue weighted by Gasteiger charge is 2.27. The van der Waals surface area contributed by atoms with E-state index in [9.17, 15) is 9.59 Å². The van der Waals surface area contributed by atoms with E-state index < -0.39 is 12.1 Å². The minimum Gasteiger partial charge on any atom is -0.449 e. The summed E-state index contributed by atoms with van der Waals surface area (Å²) in [6, 6.07) is 15.0. The lowest BCUT2D eigenvalue weighted by atomic mass is 9.99. The lowest BCUT2D eigenvalue weighted by Gasteiger charge is -2.30. The summed E-state index contributed by atoms with van der Waals surface area (Å²) in [7, 11) is 0. The number of halogens is 1. The molecule has 4 nitrogen and oxygen atoms in total. The van der Waals surface area contributed by atoms with Crippen LogP contribution in [0.1, 0.15) is 28.4 Å². The van der Waals surface area contributed by atoms with E-state index in [1.165, 1.54) is 5.56 Å². The molecule has 0 fully saturated rings. The monoisotopic (exact) mass is 387 g/mol. The Balaban J connectivity index is 1.63. The van der Waals surface area contributed by atoms with Gasteiger partial charge >= 0.3 is 5.97 Å². The van der Waals surface area contributed by atoms with E-state index in [0.717, 1.165) is 16.5 Å². The highest BCUT2D eigenvalue weighted by atomic mass is 79.9. The summed E-state index contributed by atoms with van der Waals surface area (Å²) in [5.74, 6) is -0.643. The van der Waals surface area contributed by atoms with Crippen LogP contribution in [0.3, 0.4) is 0 Å². The third-order valence-electron chi connectivity index (χ3n) is 4.15. The Hall–Kier alpha value is -2.14. The van der Waals surface area contributed by atoms with Crippen LogP contribution in [0.25, 0.3) is 0 Å². The van der Waals surface area contributed by atoms with Crippen molar-refractivity contribution in [3.8, 4) is 0 Å². The van der Waals surface area contributed by atoms with Crippen molar-refractivity contribution >= 4 is 27.8 Å². The number of fused-ring (bicyclic) bond motifs is 1. The van der Waals surface area contributed by atoms with Crippen LogP contribution in [0.15, 0.2) is 53.0 Å². The number of esters is 1. The number of hydrogen-bond acceptors (Lipinski definition) is 3. The van der Waals surface area contributed by atoms with Crippen LogP contribution >= 0.6 is 15.9 Å². The zero-order valence-corrected chi connectivity index (χ0v) is 15.0. The van der Waals surface area contributed by atoms with E-state index >= 15 is 0 Å². The summed E-state index contributed by atoms with van der Waals surface area (Å²) >= 11 is 3.32. The molecule has 24 heavy (non-hydrogen) atoms. The Kier molecular flexibility index (Phi) is 5.00. The molecule has 124 valence electrons. The molecule has 0 bridgehead atoms. The van der Waals surface area contributed by atoms with Crippen molar-refractivity contribution in [3.63, 3.8) is 0 Å². The van der Waals surface area contributed by atoms with Crippen LogP contribution in [0.2, 0.25) is 0 Å². The molecule has 0 aliphatic carbocycles. The summed E-state index contributed by atoms with van der Waals surface area (Å²) in [5, 5.41) is 0. The fraction of sp³-hybridized carbons (Fsp3) is 0.263. The molecule has 1 heterocycles. The summed E-state index contributed by atoms with van der Waals surface area (Å²) in [6.07, 6.45) is 0.0290. The van der Waals surface area contributed by atoms with E-state index in [0.29, 0.717) is 18.7 Å². The normalized spacial score (nSPS) is 14.7. The van der Waals surface area contributed by atoms with Gasteiger partial charge in [-0.1, -0.05) is 40.2 Å². The largest absolute Gasteiger partial charge is 0.449 e. The first-order chi connectivity index (χ1) is 11.5. The highest BCUT2D eigenvalue weighted by Crippen LogP contribution is 2.20. The molecule has 0 N–H and O–H groups in total. The number of nitrogens with zero attached hydrogens (tertiary/aromatic N) is 1. The maximum absolute atomic E-state index is 12.6. The molecular weight excluding hydrogens is 370 g/mol. The van der Waals surface area contributed by atoms with Gasteiger partial charge in [-0.05, 0) is 48.7 Å². The lowest BCUT2D eigenvalue weighted by Crippen LogP contribution is -2.42. The molecule has 3 rings (SSSR count). The summed E-state index contributed by atoms with van der Waals surface area (Å²) in [4.78, 5) is 26.5. The van der Waals surface area contributed by atoms with Gasteiger partial charge in [0, 0.05) is 17.6 Å². The number of ether oxygens (including phenoxy) is 1. The second kappa shape index (κ2) is 7.18. The van der Waals surface area contributed by atoms with E-state index in [2.05, 4.69) is 22.0 Å². The van der Waals surface area contributed by atoms with Crippen molar-refractivity contribution in [2.24, 2.45) is 0 Å². The third kappa shape index (κ3) is 3.67. The molecule has 0 radical (unpaired) electrons. The first-order valence-electron chi connectivity index (χ1n) is 7.86. The number of hydrogen-bond donors (Lipinski definition) is 0. The highest BCUT2D eigenvalue weighted by molar-refractivity contribution is 9.10. The molecule has 0 spiro atoms. The summed E-state index contributed by atoms with van der Waals surface area (Å²) in [6.45, 7) is 2.84. The average molecular weight is 388 g/mol. The van der Waals surface area contributed by atoms with Gasteiger partial charge in [0.05, 0.1) is 5.56 Å². The number of carbonyl (C=O) groups is 2. The maximum Gasteiger partial charge on any atom is 0.338 e. The Morgan fingerprint density at radius 1 is 1.08 bits per heavy atom. The van der Waals surface area contributed by atoms with E-state index in [4.69, 9.17) is 4.74 Å². The fourth-order valence-electron chi connectivity index (χ4n) is 2.81. The van der Waals surface area contributed by atoms with Gasteiger partial charge in [0.15, 0.2) is 6.10 Å². The van der Waals surface area contributed by atoms with E-state index in [1.54, 1.807) is 36.1 Å². The minimum atomic E-state index is -0.800. The Bertz CT molecular complexity index is 757. The van der Waals surface area contributed by atoms with Gasteiger partial charge < -0.3 is 9.64 Å². The van der Waals surface area contributed by atoms with Gasteiger partial charge in [-0.25, -0.2) is 4.79 Å². The van der Waals surface area contributed by atoms with Crippen LogP contribution < -0.4 is 0 Å². The van der Waals surface area contributed by atoms with Crippen molar-refractivity contribution in [2.75, 3.05) is 6.54 Å². The zero-order chi connectivity index (χ0) is 17.1. The molecule has 0 saturated heterocycles. The molecule has 1 aliphatic rings. The summed E-state index contributed by atoms with van der Waals surface area (Å²) < 4.78 is 6.22. The Morgan fingerprint density at radius 2 is 1.75 bits per heavy atom. The molecule has 0 unspecified atom stereocenters. The van der Waals surface area contributed by atoms with Crippen LogP contribution in [-0.4, -0.2) is 29.4 Å². The first-order valence-corrected chi connectivity index (χ1v) is 8.66. The topological polar surface area (TPSA) is 46.6 Å². The van der Waals surface area contributed by atoms with Crippen LogP contribution in [-0.2, 0) is 22.5 Å². The quantitative estimate of drug-likeness (QED) is 0.756. The number of rotatable bonds is 3.